The summed E-state index contributed by atoms with van der Waals surface area (Å²) in [7, 11) is 0. The number of likely N-dealkylation sites (tertiary alicyclic amines) is 2. The summed E-state index contributed by atoms with van der Waals surface area (Å²) in [6.07, 6.45) is 8.51. The lowest BCUT2D eigenvalue weighted by Crippen LogP contribution is -2.40. The number of ether oxygens (including phenoxy) is 1. The first-order valence-corrected chi connectivity index (χ1v) is 15.3. The maximum atomic E-state index is 13.8. The Kier molecular flexibility index (Phi) is 7.25. The minimum atomic E-state index is -0.143. The van der Waals surface area contributed by atoms with Gasteiger partial charge in [-0.15, -0.1) is 5.10 Å². The third kappa shape index (κ3) is 5.32. The molecule has 0 aliphatic carbocycles. The predicted molar refractivity (Wildman–Crippen MR) is 160 cm³/mol. The Balaban J connectivity index is 1.16. The van der Waals surface area contributed by atoms with Crippen molar-refractivity contribution in [2.24, 2.45) is 0 Å². The van der Waals surface area contributed by atoms with Crippen molar-refractivity contribution in [2.45, 2.75) is 44.8 Å². The number of amides is 2. The van der Waals surface area contributed by atoms with E-state index in [0.717, 1.165) is 61.0 Å². The van der Waals surface area contributed by atoms with Gasteiger partial charge < -0.3 is 14.5 Å². The fraction of sp³-hybridized carbons (Fsp3) is 0.355. The number of benzene rings is 2. The Bertz CT molecular complexity index is 1740. The van der Waals surface area contributed by atoms with Gasteiger partial charge in [-0.2, -0.15) is 5.10 Å². The lowest BCUT2D eigenvalue weighted by Gasteiger charge is -2.32. The van der Waals surface area contributed by atoms with Crippen LogP contribution in [0.1, 0.15) is 64.6 Å². The highest BCUT2D eigenvalue weighted by atomic mass is 32.1. The van der Waals surface area contributed by atoms with Crippen molar-refractivity contribution in [2.75, 3.05) is 26.2 Å². The SMILES string of the molecule is O=C(c1cc(C(=O)N2CCCCC2)c2cc(OCc3ccc4snnc4c3)ccc2n1)N1CCC(n2cccn2)CC1. The molecule has 2 aromatic carbocycles. The van der Waals surface area contributed by atoms with Crippen LogP contribution >= 0.6 is 11.5 Å². The summed E-state index contributed by atoms with van der Waals surface area (Å²) in [6.45, 7) is 3.03. The molecule has 5 heterocycles. The molecule has 0 spiro atoms. The van der Waals surface area contributed by atoms with Gasteiger partial charge in [0.2, 0.25) is 0 Å². The molecular weight excluding hydrogens is 550 g/mol. The summed E-state index contributed by atoms with van der Waals surface area (Å²) in [6, 6.07) is 15.4. The molecule has 11 heteroatoms. The molecule has 2 amide bonds. The molecule has 2 saturated heterocycles. The molecule has 0 radical (unpaired) electrons. The zero-order chi connectivity index (χ0) is 28.5. The minimum absolute atomic E-state index is 0.0628. The number of rotatable bonds is 6. The van der Waals surface area contributed by atoms with E-state index in [9.17, 15) is 9.59 Å². The van der Waals surface area contributed by atoms with E-state index in [2.05, 4.69) is 14.7 Å². The van der Waals surface area contributed by atoms with E-state index in [4.69, 9.17) is 9.72 Å². The molecule has 0 atom stereocenters. The molecule has 2 fully saturated rings. The second kappa shape index (κ2) is 11.5. The number of hydrogen-bond donors (Lipinski definition) is 0. The largest absolute Gasteiger partial charge is 0.489 e. The van der Waals surface area contributed by atoms with Crippen LogP contribution < -0.4 is 4.74 Å². The van der Waals surface area contributed by atoms with Crippen molar-refractivity contribution in [1.29, 1.82) is 0 Å². The van der Waals surface area contributed by atoms with Gasteiger partial charge in [-0.05, 0) is 91.7 Å². The quantitative estimate of drug-likeness (QED) is 0.274. The topological polar surface area (TPSA) is 106 Å². The van der Waals surface area contributed by atoms with Gasteiger partial charge in [0.1, 0.15) is 23.6 Å². The van der Waals surface area contributed by atoms with Crippen LogP contribution in [0.3, 0.4) is 0 Å². The van der Waals surface area contributed by atoms with Gasteiger partial charge in [-0.3, -0.25) is 14.3 Å². The number of pyridine rings is 1. The zero-order valence-corrected chi connectivity index (χ0v) is 24.0. The van der Waals surface area contributed by atoms with Gasteiger partial charge in [-0.25, -0.2) is 4.98 Å². The number of nitrogens with zero attached hydrogens (tertiary/aromatic N) is 7. The summed E-state index contributed by atoms with van der Waals surface area (Å²) >= 11 is 1.36. The smallest absolute Gasteiger partial charge is 0.272 e. The van der Waals surface area contributed by atoms with Crippen molar-refractivity contribution in [3.8, 4) is 5.75 Å². The molecule has 214 valence electrons. The first-order chi connectivity index (χ1) is 20.6. The van der Waals surface area contributed by atoms with E-state index < -0.39 is 0 Å². The minimum Gasteiger partial charge on any atom is -0.489 e. The molecule has 2 aliphatic heterocycles. The van der Waals surface area contributed by atoms with Crippen molar-refractivity contribution < 1.29 is 14.3 Å². The van der Waals surface area contributed by atoms with Crippen LogP contribution in [0.15, 0.2) is 60.9 Å². The molecule has 5 aromatic rings. The fourth-order valence-electron chi connectivity index (χ4n) is 5.92. The van der Waals surface area contributed by atoms with E-state index in [0.29, 0.717) is 47.6 Å². The average molecular weight is 582 g/mol. The van der Waals surface area contributed by atoms with Crippen LogP contribution in [0.25, 0.3) is 21.1 Å². The third-order valence-corrected chi connectivity index (χ3v) is 8.95. The third-order valence-electron chi connectivity index (χ3n) is 8.24. The lowest BCUT2D eigenvalue weighted by atomic mass is 10.0. The molecule has 10 nitrogen and oxygen atoms in total. The van der Waals surface area contributed by atoms with E-state index >= 15 is 0 Å². The summed E-state index contributed by atoms with van der Waals surface area (Å²) in [5.41, 5.74) is 3.24. The van der Waals surface area contributed by atoms with E-state index in [-0.39, 0.29) is 17.9 Å². The molecular formula is C31H31N7O3S. The fourth-order valence-corrected chi connectivity index (χ4v) is 6.46. The molecule has 3 aromatic heterocycles. The summed E-state index contributed by atoms with van der Waals surface area (Å²) in [4.78, 5) is 36.0. The molecule has 0 unspecified atom stereocenters. The highest BCUT2D eigenvalue weighted by Gasteiger charge is 2.28. The van der Waals surface area contributed by atoms with Crippen LogP contribution in [0.4, 0.5) is 0 Å². The number of hydrogen-bond acceptors (Lipinski definition) is 8. The van der Waals surface area contributed by atoms with Crippen molar-refractivity contribution in [1.82, 2.24) is 34.2 Å². The zero-order valence-electron chi connectivity index (χ0n) is 23.2. The Hall–Kier alpha value is -4.38. The van der Waals surface area contributed by atoms with Crippen LogP contribution in [0, 0.1) is 0 Å². The number of carbonyl (C=O) groups excluding carboxylic acids is 2. The second-order valence-electron chi connectivity index (χ2n) is 11.0. The highest BCUT2D eigenvalue weighted by molar-refractivity contribution is 7.12. The first kappa shape index (κ1) is 26.5. The van der Waals surface area contributed by atoms with E-state index in [1.807, 2.05) is 63.1 Å². The normalized spacial score (nSPS) is 16.3. The van der Waals surface area contributed by atoms with Crippen LogP contribution in [0.2, 0.25) is 0 Å². The van der Waals surface area contributed by atoms with Gasteiger partial charge in [0.15, 0.2) is 0 Å². The Morgan fingerprint density at radius 2 is 1.74 bits per heavy atom. The number of piperidine rings is 2. The van der Waals surface area contributed by atoms with Crippen molar-refractivity contribution in [3.05, 3.63) is 77.7 Å². The lowest BCUT2D eigenvalue weighted by molar-refractivity contribution is 0.0684. The van der Waals surface area contributed by atoms with E-state index in [1.165, 1.54) is 11.5 Å². The second-order valence-corrected chi connectivity index (χ2v) is 11.7. The van der Waals surface area contributed by atoms with Gasteiger partial charge >= 0.3 is 0 Å². The Morgan fingerprint density at radius 1 is 0.905 bits per heavy atom. The average Bonchev–Trinajstić information content (AvgIpc) is 3.76. The van der Waals surface area contributed by atoms with Crippen LogP contribution in [0.5, 0.6) is 5.75 Å². The highest BCUT2D eigenvalue weighted by Crippen LogP contribution is 2.29. The summed E-state index contributed by atoms with van der Waals surface area (Å²) in [5, 5.41) is 9.21. The maximum Gasteiger partial charge on any atom is 0.272 e. The number of fused-ring (bicyclic) bond motifs is 2. The van der Waals surface area contributed by atoms with Gasteiger partial charge in [-0.1, -0.05) is 10.6 Å². The van der Waals surface area contributed by atoms with Crippen molar-refractivity contribution in [3.63, 3.8) is 0 Å². The number of aromatic nitrogens is 5. The molecule has 0 bridgehead atoms. The van der Waals surface area contributed by atoms with Gasteiger partial charge in [0, 0.05) is 44.0 Å². The van der Waals surface area contributed by atoms with Gasteiger partial charge in [0.25, 0.3) is 11.8 Å². The molecule has 7 rings (SSSR count). The Morgan fingerprint density at radius 3 is 2.55 bits per heavy atom. The molecule has 2 aliphatic rings. The number of carbonyl (C=O) groups is 2. The Labute approximate surface area is 247 Å². The monoisotopic (exact) mass is 581 g/mol. The van der Waals surface area contributed by atoms with Crippen LogP contribution in [-0.4, -0.2) is 72.1 Å². The molecule has 42 heavy (non-hydrogen) atoms. The van der Waals surface area contributed by atoms with Crippen molar-refractivity contribution >= 4 is 44.5 Å². The predicted octanol–water partition coefficient (Wildman–Crippen LogP) is 5.12. The molecule has 0 saturated carbocycles. The summed E-state index contributed by atoms with van der Waals surface area (Å²) < 4.78 is 13.1. The van der Waals surface area contributed by atoms with E-state index in [1.54, 1.807) is 12.3 Å². The maximum absolute atomic E-state index is 13.8. The summed E-state index contributed by atoms with van der Waals surface area (Å²) in [5.74, 6) is 0.427. The van der Waals surface area contributed by atoms with Crippen LogP contribution in [-0.2, 0) is 6.61 Å². The first-order valence-electron chi connectivity index (χ1n) is 14.5. The molecule has 0 N–H and O–H groups in total. The standard InChI is InChI=1S/C31H31N7O3S/c39-30(36-12-2-1-3-13-36)25-19-28(31(40)37-15-9-22(10-16-37)38-14-4-11-32-38)33-26-7-6-23(18-24(25)26)41-20-21-5-8-29-27(17-21)34-35-42-29/h4-8,11,14,17-19,22H,1-3,9-10,12-13,15-16,20H2. The van der Waals surface area contributed by atoms with Gasteiger partial charge in [0.05, 0.1) is 21.8 Å².